The largest absolute Gasteiger partial charge is 0.371 e. The summed E-state index contributed by atoms with van der Waals surface area (Å²) in [6.07, 6.45) is 1.07. The van der Waals surface area contributed by atoms with Gasteiger partial charge in [-0.25, -0.2) is 4.21 Å². The molecule has 0 radical (unpaired) electrons. The summed E-state index contributed by atoms with van der Waals surface area (Å²) in [5, 5.41) is 0. The molecule has 126 valence electrons. The fourth-order valence-corrected chi connectivity index (χ4v) is 4.85. The molecule has 1 amide bonds. The maximum absolute atomic E-state index is 12.7. The Morgan fingerprint density at radius 2 is 2.09 bits per heavy atom. The van der Waals surface area contributed by atoms with E-state index in [0.29, 0.717) is 55.3 Å². The van der Waals surface area contributed by atoms with Gasteiger partial charge in [0, 0.05) is 45.1 Å². The van der Waals surface area contributed by atoms with Crippen LogP contribution >= 0.6 is 0 Å². The van der Waals surface area contributed by atoms with Crippen LogP contribution in [0, 0.1) is 11.7 Å². The Morgan fingerprint density at radius 1 is 1.39 bits per heavy atom. The molecule has 0 aromatic carbocycles. The monoisotopic (exact) mass is 339 g/mol. The van der Waals surface area contributed by atoms with E-state index in [1.165, 1.54) is 6.07 Å². The van der Waals surface area contributed by atoms with Gasteiger partial charge < -0.3 is 14.6 Å². The number of hydrogen-bond donors (Lipinski definition) is 2. The van der Waals surface area contributed by atoms with Crippen molar-refractivity contribution in [2.75, 3.05) is 31.2 Å². The van der Waals surface area contributed by atoms with Gasteiger partial charge in [0.2, 0.25) is 5.56 Å². The van der Waals surface area contributed by atoms with Gasteiger partial charge in [0.1, 0.15) is 0 Å². The number of H-pyrrole nitrogens is 1. The summed E-state index contributed by atoms with van der Waals surface area (Å²) in [6, 6.07) is 2.98. The van der Waals surface area contributed by atoms with Crippen LogP contribution in [0.15, 0.2) is 16.9 Å². The van der Waals surface area contributed by atoms with Gasteiger partial charge in [-0.05, 0) is 25.8 Å². The Hall–Kier alpha value is -1.67. The Balaban J connectivity index is 1.78. The smallest absolute Gasteiger partial charge is 0.254 e. The summed E-state index contributed by atoms with van der Waals surface area (Å²) in [5.74, 6) is 0.456. The third-order valence-corrected chi connectivity index (χ3v) is 6.26. The van der Waals surface area contributed by atoms with E-state index in [1.54, 1.807) is 17.9 Å². The van der Waals surface area contributed by atoms with E-state index < -0.39 is 15.3 Å². The molecule has 1 aromatic heterocycles. The number of nitrogens with one attached hydrogen (secondary N) is 2. The predicted molar refractivity (Wildman–Crippen MR) is 86.2 cm³/mol. The van der Waals surface area contributed by atoms with Crippen molar-refractivity contribution in [1.82, 2.24) is 9.88 Å². The zero-order valence-corrected chi connectivity index (χ0v) is 13.9. The molecule has 0 saturated carbocycles. The molecule has 0 aliphatic carbocycles. The standard InChI is InChI=1S/C15H21N3O4S/c1-11-8-12(9-13(19)17-11)14(20)18-4-5-22-15(10-18)2-6-23(16,21)7-3-15/h8-9,16H,2-7,10H2,1H3,(H,17,19). The first kappa shape index (κ1) is 16.2. The highest BCUT2D eigenvalue weighted by atomic mass is 32.2. The minimum Gasteiger partial charge on any atom is -0.371 e. The van der Waals surface area contributed by atoms with Gasteiger partial charge in [0.05, 0.1) is 18.8 Å². The van der Waals surface area contributed by atoms with Crippen molar-refractivity contribution in [3.8, 4) is 0 Å². The number of carbonyl (C=O) groups is 1. The zero-order chi connectivity index (χ0) is 16.7. The summed E-state index contributed by atoms with van der Waals surface area (Å²) in [6.45, 7) is 3.06. The third-order valence-electron chi connectivity index (χ3n) is 4.54. The normalized spacial score (nSPS) is 31.3. The maximum atomic E-state index is 12.7. The Kier molecular flexibility index (Phi) is 4.05. The number of aromatic nitrogens is 1. The average molecular weight is 339 g/mol. The number of amides is 1. The molecule has 2 saturated heterocycles. The third kappa shape index (κ3) is 3.48. The molecule has 8 heteroatoms. The van der Waals surface area contributed by atoms with Crippen LogP contribution in [0.2, 0.25) is 0 Å². The molecular formula is C15H21N3O4S. The molecule has 1 spiro atoms. The van der Waals surface area contributed by atoms with E-state index in [4.69, 9.17) is 9.52 Å². The summed E-state index contributed by atoms with van der Waals surface area (Å²) in [5.41, 5.74) is 0.244. The summed E-state index contributed by atoms with van der Waals surface area (Å²) < 4.78 is 25.4. The van der Waals surface area contributed by atoms with E-state index in [2.05, 4.69) is 4.98 Å². The van der Waals surface area contributed by atoms with Crippen molar-refractivity contribution in [3.63, 3.8) is 0 Å². The van der Waals surface area contributed by atoms with Gasteiger partial charge in [-0.3, -0.25) is 14.4 Å². The van der Waals surface area contributed by atoms with Crippen LogP contribution in [0.3, 0.4) is 0 Å². The number of morpholine rings is 1. The van der Waals surface area contributed by atoms with Crippen LogP contribution in [0.1, 0.15) is 28.9 Å². The van der Waals surface area contributed by atoms with E-state index >= 15 is 0 Å². The van der Waals surface area contributed by atoms with Crippen LogP contribution in [-0.2, 0) is 14.5 Å². The van der Waals surface area contributed by atoms with Crippen molar-refractivity contribution in [2.45, 2.75) is 25.4 Å². The molecular weight excluding hydrogens is 318 g/mol. The minimum absolute atomic E-state index is 0.181. The molecule has 23 heavy (non-hydrogen) atoms. The van der Waals surface area contributed by atoms with Crippen LogP contribution in [-0.4, -0.2) is 56.8 Å². The van der Waals surface area contributed by atoms with E-state index in [-0.39, 0.29) is 11.5 Å². The second-order valence-electron chi connectivity index (χ2n) is 6.39. The lowest BCUT2D eigenvalue weighted by molar-refractivity contribution is -0.104. The molecule has 2 N–H and O–H groups in total. The minimum atomic E-state index is -2.49. The first-order chi connectivity index (χ1) is 10.8. The lowest BCUT2D eigenvalue weighted by Crippen LogP contribution is -2.56. The van der Waals surface area contributed by atoms with Gasteiger partial charge in [-0.15, -0.1) is 0 Å². The van der Waals surface area contributed by atoms with Crippen molar-refractivity contribution < 1.29 is 13.7 Å². The number of pyridine rings is 1. The molecule has 2 aliphatic rings. The van der Waals surface area contributed by atoms with Gasteiger partial charge in [0.25, 0.3) is 5.91 Å². The van der Waals surface area contributed by atoms with Crippen molar-refractivity contribution >= 4 is 15.6 Å². The van der Waals surface area contributed by atoms with Crippen LogP contribution in [0.4, 0.5) is 0 Å². The van der Waals surface area contributed by atoms with Crippen molar-refractivity contribution in [2.24, 2.45) is 0 Å². The summed E-state index contributed by atoms with van der Waals surface area (Å²) >= 11 is 0. The number of aromatic amines is 1. The molecule has 0 atom stereocenters. The number of hydrogen-bond acceptors (Lipinski definition) is 5. The number of rotatable bonds is 1. The second-order valence-corrected chi connectivity index (χ2v) is 8.83. The number of ether oxygens (including phenoxy) is 1. The molecule has 0 unspecified atom stereocenters. The lowest BCUT2D eigenvalue weighted by atomic mass is 9.94. The Bertz CT molecular complexity index is 770. The highest BCUT2D eigenvalue weighted by Crippen LogP contribution is 2.31. The van der Waals surface area contributed by atoms with Crippen molar-refractivity contribution in [1.29, 1.82) is 4.78 Å². The molecule has 3 rings (SSSR count). The highest BCUT2D eigenvalue weighted by Gasteiger charge is 2.42. The number of carbonyl (C=O) groups excluding carboxylic acids is 1. The zero-order valence-electron chi connectivity index (χ0n) is 13.1. The molecule has 1 aromatic rings. The molecule has 2 fully saturated rings. The van der Waals surface area contributed by atoms with Crippen LogP contribution in [0.25, 0.3) is 0 Å². The van der Waals surface area contributed by atoms with Gasteiger partial charge >= 0.3 is 0 Å². The van der Waals surface area contributed by atoms with Crippen LogP contribution in [0.5, 0.6) is 0 Å². The van der Waals surface area contributed by atoms with Gasteiger partial charge in [-0.1, -0.05) is 0 Å². The molecule has 7 nitrogen and oxygen atoms in total. The maximum Gasteiger partial charge on any atom is 0.254 e. The Morgan fingerprint density at radius 3 is 2.74 bits per heavy atom. The summed E-state index contributed by atoms with van der Waals surface area (Å²) in [7, 11) is -2.49. The number of nitrogens with zero attached hydrogens (tertiary/aromatic N) is 1. The highest BCUT2D eigenvalue weighted by molar-refractivity contribution is 7.92. The van der Waals surface area contributed by atoms with Gasteiger partial charge in [-0.2, -0.15) is 0 Å². The molecule has 3 heterocycles. The summed E-state index contributed by atoms with van der Waals surface area (Å²) in [4.78, 5) is 28.6. The topological polar surface area (TPSA) is 103 Å². The van der Waals surface area contributed by atoms with Crippen molar-refractivity contribution in [3.05, 3.63) is 33.7 Å². The van der Waals surface area contributed by atoms with Crippen LogP contribution < -0.4 is 5.56 Å². The fraction of sp³-hybridized carbons (Fsp3) is 0.600. The SMILES string of the molecule is Cc1cc(C(=O)N2CCOC3(CCS(=N)(=O)CC3)C2)cc(=O)[nH]1. The quantitative estimate of drug-likeness (QED) is 0.787. The Labute approximate surface area is 135 Å². The van der Waals surface area contributed by atoms with E-state index in [1.807, 2.05) is 0 Å². The van der Waals surface area contributed by atoms with Gasteiger partial charge in [0.15, 0.2) is 0 Å². The molecule has 2 aliphatic heterocycles. The average Bonchev–Trinajstić information content (AvgIpc) is 2.49. The first-order valence-corrected chi connectivity index (χ1v) is 9.57. The van der Waals surface area contributed by atoms with E-state index in [0.717, 1.165) is 0 Å². The number of aryl methyl sites for hydroxylation is 1. The molecule has 0 bridgehead atoms. The second kappa shape index (κ2) is 5.76. The first-order valence-electron chi connectivity index (χ1n) is 7.67. The fourth-order valence-electron chi connectivity index (χ4n) is 3.24. The predicted octanol–water partition coefficient (Wildman–Crippen LogP) is 0.735. The van der Waals surface area contributed by atoms with E-state index in [9.17, 15) is 13.8 Å². The lowest BCUT2D eigenvalue weighted by Gasteiger charge is -2.45.